The lowest BCUT2D eigenvalue weighted by molar-refractivity contribution is -0.141. The maximum atomic E-state index is 15.7. The van der Waals surface area contributed by atoms with Crippen molar-refractivity contribution in [1.82, 2.24) is 84.7 Å². The second-order valence-corrected chi connectivity index (χ2v) is 39.1. The van der Waals surface area contributed by atoms with Crippen molar-refractivity contribution in [2.75, 3.05) is 24.6 Å². The van der Waals surface area contributed by atoms with Crippen LogP contribution < -0.4 is 97.0 Å². The molecule has 0 radical (unpaired) electrons. The molecule has 0 spiro atoms. The van der Waals surface area contributed by atoms with E-state index in [4.69, 9.17) is 17.2 Å². The number of rotatable bonds is 28. The van der Waals surface area contributed by atoms with Crippen molar-refractivity contribution in [3.8, 4) is 11.1 Å². The van der Waals surface area contributed by atoms with Crippen molar-refractivity contribution < 1.29 is 102 Å². The van der Waals surface area contributed by atoms with Crippen molar-refractivity contribution in [3.05, 3.63) is 161 Å². The van der Waals surface area contributed by atoms with Crippen LogP contribution in [0.2, 0.25) is 0 Å². The molecule has 0 unspecified atom stereocenters. The lowest BCUT2D eigenvalue weighted by Crippen LogP contribution is -2.63. The number of benzene rings is 4. The molecule has 2 aliphatic carbocycles. The number of carbonyl (C=O) groups is 18. The van der Waals surface area contributed by atoms with E-state index in [-0.39, 0.29) is 87.4 Å². The zero-order valence-corrected chi connectivity index (χ0v) is 82.8. The Morgan fingerprint density at radius 2 is 0.880 bits per heavy atom. The maximum Gasteiger partial charge on any atom is 0.335 e. The van der Waals surface area contributed by atoms with E-state index in [1.54, 1.807) is 84.9 Å². The molecule has 2 heterocycles. The van der Waals surface area contributed by atoms with Crippen LogP contribution in [0, 0.1) is 36.5 Å². The molecule has 4 aromatic carbocycles. The molecule has 24 N–H and O–H groups in total. The molecule has 5 aromatic rings. The summed E-state index contributed by atoms with van der Waals surface area (Å²) >= 11 is 0.701. The summed E-state index contributed by atoms with van der Waals surface area (Å²) in [5.41, 5.74) is 21.6. The summed E-state index contributed by atoms with van der Waals surface area (Å²) < 4.78 is 0. The molecule has 1 saturated heterocycles. The number of amides is 16. The van der Waals surface area contributed by atoms with Crippen LogP contribution in [0.3, 0.4) is 0 Å². The Labute approximate surface area is 831 Å². The van der Waals surface area contributed by atoms with Crippen molar-refractivity contribution in [1.29, 1.82) is 0 Å². The number of carboxylic acid groups (broad SMARTS) is 2. The van der Waals surface area contributed by atoms with Gasteiger partial charge in [0.15, 0.2) is 0 Å². The fraction of sp³-hybridized carbons (Fsp3) is 0.535. The van der Waals surface area contributed by atoms with Crippen molar-refractivity contribution in [2.24, 2.45) is 46.8 Å². The lowest BCUT2D eigenvalue weighted by Gasteiger charge is -2.33. The van der Waals surface area contributed by atoms with Gasteiger partial charge < -0.3 is 112 Å². The molecule has 1 aromatic heterocycles. The van der Waals surface area contributed by atoms with Gasteiger partial charge in [0.25, 0.3) is 0 Å². The van der Waals surface area contributed by atoms with Gasteiger partial charge in [-0.2, -0.15) is 0 Å². The number of aliphatic hydroxyl groups excluding tert-OH is 1. The molecule has 2 saturated carbocycles. The molecule has 41 heteroatoms. The second kappa shape index (κ2) is 57.0. The first-order valence-electron chi connectivity index (χ1n) is 48.7. The number of aromatic nitrogens is 1. The van der Waals surface area contributed by atoms with E-state index in [9.17, 15) is 58.5 Å². The second-order valence-electron chi connectivity index (χ2n) is 38.1. The third kappa shape index (κ3) is 36.7. The normalized spacial score (nSPS) is 24.4. The minimum absolute atomic E-state index is 0.0249. The predicted octanol–water partition coefficient (Wildman–Crippen LogP) is 1.40. The standard InChI is InChI=1S/C101H141N19O21S/c1-55(2)45-72-89(128)108-71(38-42-103)88(127)111-75(47-61-22-13-10-14-23-61)93(132)118-83(57(5)6)98(137)119-84(60(9)121)99(138)116-79(96(135)106-59(8)86(104)125)53-142-54-80(122)107-73(50-64-39-43-105-44-40-64)90(129)112-74(48-63-32-36-69(37-33-63)101(140)141)91(130)114-78(52-81(123)124)92(131)113-77(51-65-24-19-21-58(7)46-65)94(133)117-82(56(3)4)97(136)115-76(49-62-30-34-67(35-31-62)66-25-15-11-16-26-66)95(134)120-85(68-27-17-12-18-28-68)100(139)109-70(29-20-41-102)87(126)110-72/h11,15-16,19,21,24-26,30-37,39-40,43-44,46,55-57,59-61,68,70-79,82-85,121H,10,12-14,17-18,20,22-23,27-29,38,41-42,45,47-54,102-103H2,1-9H3,(H2,104,125)(H,106,135)(H,107,122)(H,108,128)(H,109,139)(H,110,126)(H,111,127)(H,112,129)(H,113,131)(H,114,130)(H,115,136)(H,116,138)(H,117,133)(H,118,132)(H,119,137)(H,120,134)(H,123,124)(H,140,141)/t59-,60+,70-,71-,72+,73-,74-,75-,76-,77-,78-,79-,82-,83-,84-,85-/m0/s1. The summed E-state index contributed by atoms with van der Waals surface area (Å²) in [6, 6.07) is 7.50. The number of aliphatic carboxylic acids is 1. The lowest BCUT2D eigenvalue weighted by atomic mass is 9.83. The van der Waals surface area contributed by atoms with E-state index >= 15 is 43.2 Å². The highest BCUT2D eigenvalue weighted by atomic mass is 32.2. The Balaban J connectivity index is 1.22. The number of nitrogens with zero attached hydrogens (tertiary/aromatic N) is 1. The molecule has 142 heavy (non-hydrogen) atoms. The van der Waals surface area contributed by atoms with Gasteiger partial charge in [0.2, 0.25) is 94.5 Å². The number of hydrogen-bond acceptors (Lipinski definition) is 23. The van der Waals surface area contributed by atoms with E-state index in [0.29, 0.717) is 72.5 Å². The predicted molar refractivity (Wildman–Crippen MR) is 529 cm³/mol. The summed E-state index contributed by atoms with van der Waals surface area (Å²) in [4.78, 5) is 267. The van der Waals surface area contributed by atoms with Crippen LogP contribution >= 0.6 is 11.8 Å². The quantitative estimate of drug-likeness (QED) is 0.0336. The molecular weight excluding hydrogens is 1850 g/mol. The average molecular weight is 1990 g/mol. The van der Waals surface area contributed by atoms with Gasteiger partial charge in [-0.25, -0.2) is 4.79 Å². The van der Waals surface area contributed by atoms with Gasteiger partial charge in [0.1, 0.15) is 90.6 Å². The number of aromatic carboxylic acids is 1. The Bertz CT molecular complexity index is 5140. The van der Waals surface area contributed by atoms with E-state index in [0.717, 1.165) is 43.7 Å². The third-order valence-corrected chi connectivity index (χ3v) is 26.3. The van der Waals surface area contributed by atoms with Gasteiger partial charge >= 0.3 is 11.9 Å². The summed E-state index contributed by atoms with van der Waals surface area (Å²) in [6.45, 7) is 13.9. The molecule has 16 atom stereocenters. The largest absolute Gasteiger partial charge is 0.481 e. The van der Waals surface area contributed by atoms with E-state index in [1.807, 2.05) is 42.5 Å². The van der Waals surface area contributed by atoms with Crippen LogP contribution in [0.5, 0.6) is 0 Å². The summed E-state index contributed by atoms with van der Waals surface area (Å²) in [5, 5.41) is 71.9. The Morgan fingerprint density at radius 3 is 1.42 bits per heavy atom. The highest BCUT2D eigenvalue weighted by Crippen LogP contribution is 2.30. The van der Waals surface area contributed by atoms with E-state index < -0.39 is 245 Å². The number of carbonyl (C=O) groups excluding carboxylic acids is 16. The first-order valence-corrected chi connectivity index (χ1v) is 49.9. The molecule has 1 aliphatic heterocycles. The van der Waals surface area contributed by atoms with Crippen molar-refractivity contribution in [3.63, 3.8) is 0 Å². The highest BCUT2D eigenvalue weighted by Gasteiger charge is 2.43. The number of primary amides is 1. The molecule has 40 nitrogen and oxygen atoms in total. The Hall–Kier alpha value is -13.3. The van der Waals surface area contributed by atoms with Crippen molar-refractivity contribution >= 4 is 118 Å². The van der Waals surface area contributed by atoms with Crippen LogP contribution in [-0.2, 0) is 107 Å². The number of pyridine rings is 1. The van der Waals surface area contributed by atoms with Crippen LogP contribution in [0.4, 0.5) is 0 Å². The molecule has 8 rings (SSSR count). The van der Waals surface area contributed by atoms with Gasteiger partial charge in [-0.05, 0) is 166 Å². The van der Waals surface area contributed by atoms with Gasteiger partial charge in [-0.15, -0.1) is 11.8 Å². The number of carboxylic acids is 2. The zero-order chi connectivity index (χ0) is 104. The first kappa shape index (κ1) is 114. The monoisotopic (exact) mass is 1990 g/mol. The smallest absolute Gasteiger partial charge is 0.335 e. The third-order valence-electron chi connectivity index (χ3n) is 25.3. The van der Waals surface area contributed by atoms with Crippen molar-refractivity contribution in [2.45, 2.75) is 287 Å². The Morgan fingerprint density at radius 1 is 0.437 bits per heavy atom. The van der Waals surface area contributed by atoms with E-state index in [1.165, 1.54) is 55.7 Å². The number of aryl methyl sites for hydroxylation is 1. The van der Waals surface area contributed by atoms with Crippen LogP contribution in [0.1, 0.15) is 196 Å². The molecule has 3 fully saturated rings. The molecule has 772 valence electrons. The fourth-order valence-corrected chi connectivity index (χ4v) is 18.2. The van der Waals surface area contributed by atoms with Crippen LogP contribution in [-0.4, -0.2) is 248 Å². The maximum absolute atomic E-state index is 15.7. The molecule has 16 amide bonds. The molecule has 0 bridgehead atoms. The number of nitrogens with one attached hydrogen (secondary N) is 15. The van der Waals surface area contributed by atoms with Gasteiger partial charge in [0.05, 0.1) is 23.8 Å². The average Bonchev–Trinajstić information content (AvgIpc) is 0.828. The number of nitrogens with two attached hydrogens (primary N) is 3. The van der Waals surface area contributed by atoms with Gasteiger partial charge in [0, 0.05) is 43.8 Å². The van der Waals surface area contributed by atoms with E-state index in [2.05, 4.69) is 84.7 Å². The summed E-state index contributed by atoms with van der Waals surface area (Å²) in [7, 11) is 0. The SMILES string of the molecule is Cc1cccc(C[C@@H]2NC(=O)[C@H](CC(=O)O)NC(=O)[C@H](Cc3ccc(C(=O)O)cc3)NC(=O)[C@H](Cc3ccncc3)NC(=O)CSC[C@@H](C(=O)N[C@@H](C)C(N)=O)NC(=O)[C@H]([C@@H](C)O)NC(=O)[C@H](C(C)C)NC(=O)[C@H](CC3CCCCC3)NC(=O)[C@H](CCN)NC(=O)[C@@H](CC(C)C)NC(=O)[C@H](CCCN)NC(=O)[C@H](C3CCCCC3)NC(=O)[C@H](Cc3ccc(-c4ccccc4)cc3)NC(=O)[C@H](C(C)C)NC2=O)c1. The van der Waals surface area contributed by atoms with Gasteiger partial charge in [-0.3, -0.25) is 86.5 Å². The number of thioether (sulfide) groups is 1. The fourth-order valence-electron chi connectivity index (χ4n) is 17.3. The van der Waals surface area contributed by atoms with Crippen LogP contribution in [0.15, 0.2) is 128 Å². The highest BCUT2D eigenvalue weighted by molar-refractivity contribution is 8.00. The number of hydrogen-bond donors (Lipinski definition) is 21. The van der Waals surface area contributed by atoms with Crippen LogP contribution in [0.25, 0.3) is 11.1 Å². The number of aliphatic hydroxyl groups is 1. The minimum atomic E-state index is -2.09. The first-order chi connectivity index (χ1) is 67.6. The summed E-state index contributed by atoms with van der Waals surface area (Å²) in [6.07, 6.45) is 5.13. The molecule has 3 aliphatic rings. The molecular formula is C101H141N19O21S. The topological polar surface area (TPSA) is 639 Å². The zero-order valence-electron chi connectivity index (χ0n) is 82.0. The minimum Gasteiger partial charge on any atom is -0.481 e. The van der Waals surface area contributed by atoms with Gasteiger partial charge in [-0.1, -0.05) is 189 Å². The summed E-state index contributed by atoms with van der Waals surface area (Å²) in [5.74, 6) is -22.5. The Kier molecular flexibility index (Phi) is 45.7.